The Hall–Kier alpha value is -1.29. The Morgan fingerprint density at radius 3 is 3.24 bits per heavy atom. The van der Waals surface area contributed by atoms with Crippen LogP contribution in [0.2, 0.25) is 0 Å². The number of imidazole rings is 1. The number of ether oxygens (including phenoxy) is 1. The van der Waals surface area contributed by atoms with Gasteiger partial charge in [-0.2, -0.15) is 0 Å². The van der Waals surface area contributed by atoms with Crippen molar-refractivity contribution in [3.63, 3.8) is 0 Å². The molecule has 1 aromatic heterocycles. The molecule has 0 spiro atoms. The molecular formula is C13H21N3O. The summed E-state index contributed by atoms with van der Waals surface area (Å²) >= 11 is 0. The zero-order valence-electron chi connectivity index (χ0n) is 10.6. The van der Waals surface area contributed by atoms with Crippen molar-refractivity contribution in [2.24, 2.45) is 0 Å². The Kier molecular flexibility index (Phi) is 3.52. The highest BCUT2D eigenvalue weighted by Gasteiger charge is 2.30. The molecule has 1 aliphatic heterocycles. The minimum absolute atomic E-state index is 0.0388. The predicted molar refractivity (Wildman–Crippen MR) is 69.2 cm³/mol. The number of nitrogens with one attached hydrogen (secondary N) is 1. The van der Waals surface area contributed by atoms with Gasteiger partial charge in [-0.15, -0.1) is 6.58 Å². The first-order chi connectivity index (χ1) is 8.12. The van der Waals surface area contributed by atoms with Gasteiger partial charge < -0.3 is 14.6 Å². The summed E-state index contributed by atoms with van der Waals surface area (Å²) < 4.78 is 7.96. The molecule has 1 aromatic rings. The third-order valence-electron chi connectivity index (χ3n) is 3.14. The zero-order valence-corrected chi connectivity index (χ0v) is 10.6. The molecule has 0 bridgehead atoms. The van der Waals surface area contributed by atoms with Crippen molar-refractivity contribution in [3.05, 3.63) is 25.0 Å². The fourth-order valence-electron chi connectivity index (χ4n) is 2.35. The fourth-order valence-corrected chi connectivity index (χ4v) is 2.35. The lowest BCUT2D eigenvalue weighted by Crippen LogP contribution is -2.35. The summed E-state index contributed by atoms with van der Waals surface area (Å²) in [5.74, 6) is 0.924. The van der Waals surface area contributed by atoms with E-state index in [4.69, 9.17) is 4.74 Å². The Morgan fingerprint density at radius 1 is 1.71 bits per heavy atom. The molecule has 0 aliphatic carbocycles. The number of hydrogen-bond acceptors (Lipinski definition) is 3. The number of nitrogens with zero attached hydrogens (tertiary/aromatic N) is 2. The summed E-state index contributed by atoms with van der Waals surface area (Å²) in [4.78, 5) is 4.34. The minimum Gasteiger partial charge on any atom is -0.375 e. The summed E-state index contributed by atoms with van der Waals surface area (Å²) in [6.45, 7) is 9.55. The summed E-state index contributed by atoms with van der Waals surface area (Å²) in [6, 6.07) is 0.466. The Morgan fingerprint density at radius 2 is 2.53 bits per heavy atom. The van der Waals surface area contributed by atoms with Gasteiger partial charge >= 0.3 is 0 Å². The van der Waals surface area contributed by atoms with Gasteiger partial charge in [0, 0.05) is 31.6 Å². The summed E-state index contributed by atoms with van der Waals surface area (Å²) in [6.07, 6.45) is 7.78. The van der Waals surface area contributed by atoms with E-state index in [0.717, 1.165) is 31.9 Å². The van der Waals surface area contributed by atoms with Gasteiger partial charge in [-0.05, 0) is 26.7 Å². The molecule has 2 heterocycles. The normalized spacial score (nSPS) is 23.3. The van der Waals surface area contributed by atoms with Crippen LogP contribution in [0.4, 0.5) is 5.95 Å². The van der Waals surface area contributed by atoms with Crippen LogP contribution >= 0.6 is 0 Å². The van der Waals surface area contributed by atoms with E-state index < -0.39 is 0 Å². The minimum atomic E-state index is -0.0388. The van der Waals surface area contributed by atoms with Crippen LogP contribution in [0.3, 0.4) is 0 Å². The van der Waals surface area contributed by atoms with Crippen molar-refractivity contribution in [1.29, 1.82) is 0 Å². The second-order valence-electron chi connectivity index (χ2n) is 5.08. The van der Waals surface area contributed by atoms with Gasteiger partial charge in [0.15, 0.2) is 0 Å². The number of hydrogen-bond donors (Lipinski definition) is 1. The van der Waals surface area contributed by atoms with Crippen LogP contribution in [0.5, 0.6) is 0 Å². The van der Waals surface area contributed by atoms with Crippen molar-refractivity contribution in [2.45, 2.75) is 38.3 Å². The number of anilines is 1. The highest BCUT2D eigenvalue weighted by atomic mass is 16.5. The molecule has 1 N–H and O–H groups in total. The molecule has 1 saturated heterocycles. The summed E-state index contributed by atoms with van der Waals surface area (Å²) in [5.41, 5.74) is -0.0388. The van der Waals surface area contributed by atoms with E-state index in [-0.39, 0.29) is 5.60 Å². The van der Waals surface area contributed by atoms with Gasteiger partial charge in [-0.3, -0.25) is 0 Å². The Bertz CT molecular complexity index is 384. The molecule has 2 rings (SSSR count). The van der Waals surface area contributed by atoms with Crippen LogP contribution in [0, 0.1) is 0 Å². The van der Waals surface area contributed by atoms with Crippen molar-refractivity contribution in [1.82, 2.24) is 9.55 Å². The molecule has 0 radical (unpaired) electrons. The van der Waals surface area contributed by atoms with Crippen LogP contribution in [-0.2, 0) is 4.74 Å². The lowest BCUT2D eigenvalue weighted by atomic mass is 9.94. The van der Waals surface area contributed by atoms with Gasteiger partial charge in [0.25, 0.3) is 0 Å². The lowest BCUT2D eigenvalue weighted by molar-refractivity contribution is -0.0688. The van der Waals surface area contributed by atoms with Crippen molar-refractivity contribution in [2.75, 3.05) is 18.5 Å². The molecule has 1 unspecified atom stereocenters. The topological polar surface area (TPSA) is 39.1 Å². The third kappa shape index (κ3) is 2.88. The van der Waals surface area contributed by atoms with Crippen LogP contribution in [0.25, 0.3) is 0 Å². The van der Waals surface area contributed by atoms with Crippen LogP contribution in [0.15, 0.2) is 25.0 Å². The number of aromatic nitrogens is 2. The van der Waals surface area contributed by atoms with E-state index in [1.54, 1.807) is 0 Å². The van der Waals surface area contributed by atoms with Gasteiger partial charge in [0.1, 0.15) is 0 Å². The first kappa shape index (κ1) is 12.2. The SMILES string of the molecule is C=CCNc1nccn1C1CCOC(C)(C)C1. The Labute approximate surface area is 103 Å². The maximum absolute atomic E-state index is 5.74. The molecule has 4 nitrogen and oxygen atoms in total. The quantitative estimate of drug-likeness (QED) is 0.815. The molecule has 1 atom stereocenters. The van der Waals surface area contributed by atoms with E-state index in [1.165, 1.54) is 0 Å². The van der Waals surface area contributed by atoms with Crippen LogP contribution < -0.4 is 5.32 Å². The molecule has 1 fully saturated rings. The highest BCUT2D eigenvalue weighted by molar-refractivity contribution is 5.27. The summed E-state index contributed by atoms with van der Waals surface area (Å²) in [5, 5.41) is 3.26. The van der Waals surface area contributed by atoms with E-state index in [2.05, 4.69) is 35.3 Å². The van der Waals surface area contributed by atoms with Gasteiger partial charge in [-0.25, -0.2) is 4.98 Å². The van der Waals surface area contributed by atoms with Crippen molar-refractivity contribution >= 4 is 5.95 Å². The molecule has 0 saturated carbocycles. The third-order valence-corrected chi connectivity index (χ3v) is 3.14. The first-order valence-electron chi connectivity index (χ1n) is 6.14. The van der Waals surface area contributed by atoms with E-state index in [1.807, 2.05) is 18.5 Å². The average Bonchev–Trinajstić information content (AvgIpc) is 2.73. The number of rotatable bonds is 4. The monoisotopic (exact) mass is 235 g/mol. The van der Waals surface area contributed by atoms with Crippen molar-refractivity contribution in [3.8, 4) is 0 Å². The lowest BCUT2D eigenvalue weighted by Gasteiger charge is -2.36. The van der Waals surface area contributed by atoms with Crippen LogP contribution in [-0.4, -0.2) is 28.3 Å². The summed E-state index contributed by atoms with van der Waals surface area (Å²) in [7, 11) is 0. The highest BCUT2D eigenvalue weighted by Crippen LogP contribution is 2.33. The fraction of sp³-hybridized carbons (Fsp3) is 0.615. The van der Waals surface area contributed by atoms with E-state index >= 15 is 0 Å². The van der Waals surface area contributed by atoms with Gasteiger partial charge in [0.2, 0.25) is 5.95 Å². The molecule has 17 heavy (non-hydrogen) atoms. The van der Waals surface area contributed by atoms with E-state index in [0.29, 0.717) is 6.04 Å². The molecule has 0 aromatic carbocycles. The molecule has 4 heteroatoms. The van der Waals surface area contributed by atoms with Gasteiger partial charge in [0.05, 0.1) is 5.60 Å². The average molecular weight is 235 g/mol. The van der Waals surface area contributed by atoms with Crippen molar-refractivity contribution < 1.29 is 4.74 Å². The molecule has 1 aliphatic rings. The molecule has 0 amide bonds. The second kappa shape index (κ2) is 4.92. The predicted octanol–water partition coefficient (Wildman–Crippen LogP) is 2.61. The largest absolute Gasteiger partial charge is 0.375 e. The standard InChI is InChI=1S/C13H21N3O/c1-4-6-14-12-15-7-8-16(12)11-5-9-17-13(2,3)10-11/h4,7-8,11H,1,5-6,9-10H2,2-3H3,(H,14,15). The molecular weight excluding hydrogens is 214 g/mol. The van der Waals surface area contributed by atoms with E-state index in [9.17, 15) is 0 Å². The Balaban J connectivity index is 2.10. The second-order valence-corrected chi connectivity index (χ2v) is 5.08. The maximum atomic E-state index is 5.74. The maximum Gasteiger partial charge on any atom is 0.203 e. The first-order valence-corrected chi connectivity index (χ1v) is 6.14. The smallest absolute Gasteiger partial charge is 0.203 e. The van der Waals surface area contributed by atoms with Crippen LogP contribution in [0.1, 0.15) is 32.7 Å². The molecule has 94 valence electrons. The zero-order chi connectivity index (χ0) is 12.3. The van der Waals surface area contributed by atoms with Gasteiger partial charge in [-0.1, -0.05) is 6.08 Å².